The van der Waals surface area contributed by atoms with Crippen LogP contribution in [0, 0.1) is 6.92 Å². The van der Waals surface area contributed by atoms with E-state index in [1.165, 1.54) is 6.33 Å². The van der Waals surface area contributed by atoms with Gasteiger partial charge in [0, 0.05) is 30.1 Å². The zero-order valence-corrected chi connectivity index (χ0v) is 16.9. The summed E-state index contributed by atoms with van der Waals surface area (Å²) < 4.78 is 47.2. The molecule has 1 aromatic carbocycles. The molecule has 0 amide bonds. The molecule has 4 rings (SSSR count). The predicted octanol–water partition coefficient (Wildman–Crippen LogP) is 4.12. The maximum absolute atomic E-state index is 12.6. The molecule has 166 valence electrons. The van der Waals surface area contributed by atoms with Crippen molar-refractivity contribution in [3.63, 3.8) is 0 Å². The largest absolute Gasteiger partial charge is 0.405 e. The van der Waals surface area contributed by atoms with E-state index in [9.17, 15) is 17.6 Å². The lowest BCUT2D eigenvalue weighted by Gasteiger charge is -2.12. The monoisotopic (exact) mass is 439 g/mol. The van der Waals surface area contributed by atoms with Gasteiger partial charge in [0.1, 0.15) is 24.3 Å². The Morgan fingerprint density at radius 1 is 1.03 bits per heavy atom. The highest BCUT2D eigenvalue weighted by molar-refractivity contribution is 5.89. The number of halogens is 4. The second-order valence-corrected chi connectivity index (χ2v) is 5.92. The van der Waals surface area contributed by atoms with Crippen molar-refractivity contribution >= 4 is 39.4 Å². The van der Waals surface area contributed by atoms with Gasteiger partial charge < -0.3 is 20.7 Å². The van der Waals surface area contributed by atoms with E-state index >= 15 is 0 Å². The van der Waals surface area contributed by atoms with Crippen molar-refractivity contribution in [3.05, 3.63) is 42.5 Å². The lowest BCUT2D eigenvalue weighted by atomic mass is 10.2. The van der Waals surface area contributed by atoms with Gasteiger partial charge in [0.25, 0.3) is 0 Å². The molecule has 4 N–H and O–H groups in total. The second kappa shape index (κ2) is 10.5. The summed E-state index contributed by atoms with van der Waals surface area (Å²) in [6, 6.07) is 7.09. The average molecular weight is 439 g/mol. The Labute approximate surface area is 174 Å². The molecule has 0 fully saturated rings. The smallest absolute Gasteiger partial charge is 0.400 e. The molecule has 0 aliphatic carbocycles. The molecule has 31 heavy (non-hydrogen) atoms. The number of aryl methyl sites for hydroxylation is 1. The van der Waals surface area contributed by atoms with Crippen molar-refractivity contribution in [1.29, 1.82) is 0 Å². The fourth-order valence-corrected chi connectivity index (χ4v) is 2.71. The number of fused-ring (bicyclic) bond motifs is 2. The predicted molar refractivity (Wildman–Crippen MR) is 111 cm³/mol. The molecule has 0 unspecified atom stereocenters. The van der Waals surface area contributed by atoms with E-state index in [0.29, 0.717) is 23.9 Å². The maximum Gasteiger partial charge on any atom is 0.405 e. The SMILES string of the molecule is CF.CO.Cc1ncnc2cc(Nc3nc(NCC(F)(F)F)c4cc[nH]c4n3)ccc12. The Morgan fingerprint density at radius 2 is 1.77 bits per heavy atom. The topological polar surface area (TPSA) is 112 Å². The molecule has 0 atom stereocenters. The van der Waals surface area contributed by atoms with Gasteiger partial charge in [-0.15, -0.1) is 0 Å². The van der Waals surface area contributed by atoms with Crippen LogP contribution in [-0.2, 0) is 0 Å². The highest BCUT2D eigenvalue weighted by Crippen LogP contribution is 2.26. The molecule has 0 saturated carbocycles. The van der Waals surface area contributed by atoms with E-state index in [0.717, 1.165) is 23.7 Å². The number of hydrogen-bond acceptors (Lipinski definition) is 7. The molecule has 0 radical (unpaired) electrons. The first-order chi connectivity index (χ1) is 14.9. The number of nitrogens with one attached hydrogen (secondary N) is 3. The third-order valence-electron chi connectivity index (χ3n) is 3.96. The molecule has 0 spiro atoms. The van der Waals surface area contributed by atoms with Gasteiger partial charge >= 0.3 is 6.18 Å². The van der Waals surface area contributed by atoms with E-state index in [4.69, 9.17) is 5.11 Å². The van der Waals surface area contributed by atoms with Gasteiger partial charge in [-0.25, -0.2) is 9.97 Å². The third-order valence-corrected chi connectivity index (χ3v) is 3.96. The molecule has 0 aliphatic rings. The van der Waals surface area contributed by atoms with Gasteiger partial charge in [-0.1, -0.05) is 0 Å². The first-order valence-electron chi connectivity index (χ1n) is 8.86. The number of anilines is 3. The highest BCUT2D eigenvalue weighted by Gasteiger charge is 2.27. The Bertz CT molecular complexity index is 1130. The Kier molecular flexibility index (Phi) is 8.02. The zero-order chi connectivity index (χ0) is 23.0. The maximum atomic E-state index is 12.6. The molecule has 8 nitrogen and oxygen atoms in total. The van der Waals surface area contributed by atoms with Crippen molar-refractivity contribution in [1.82, 2.24) is 24.9 Å². The molecular formula is C19H21F4N7O. The standard InChI is InChI=1S/C17H14F3N7.CH3F.CH4O/c1-9-11-3-2-10(6-13(11)24-8-23-9)25-16-26-14-12(4-5-21-14)15(27-16)22-7-17(18,19)20;2*1-2/h2-6,8H,7H2,1H3,(H3,21,22,25,26,27);1H3;2H,1H3. The van der Waals surface area contributed by atoms with Gasteiger partial charge in [-0.2, -0.15) is 23.1 Å². The lowest BCUT2D eigenvalue weighted by molar-refractivity contribution is -0.115. The van der Waals surface area contributed by atoms with Crippen molar-refractivity contribution in [2.24, 2.45) is 0 Å². The van der Waals surface area contributed by atoms with Crippen LogP contribution in [0.25, 0.3) is 21.9 Å². The van der Waals surface area contributed by atoms with Gasteiger partial charge in [0.05, 0.1) is 18.1 Å². The van der Waals surface area contributed by atoms with Crippen molar-refractivity contribution in [2.45, 2.75) is 13.1 Å². The van der Waals surface area contributed by atoms with E-state index in [2.05, 4.69) is 35.6 Å². The van der Waals surface area contributed by atoms with Gasteiger partial charge in [-0.3, -0.25) is 4.39 Å². The summed E-state index contributed by atoms with van der Waals surface area (Å²) in [6.07, 6.45) is -1.28. The number of alkyl halides is 4. The van der Waals surface area contributed by atoms with Crippen LogP contribution in [0.1, 0.15) is 5.69 Å². The molecule has 0 aliphatic heterocycles. The zero-order valence-electron chi connectivity index (χ0n) is 16.9. The lowest BCUT2D eigenvalue weighted by Crippen LogP contribution is -2.22. The number of nitrogens with zero attached hydrogens (tertiary/aromatic N) is 4. The number of rotatable bonds is 4. The van der Waals surface area contributed by atoms with Crippen LogP contribution in [0.3, 0.4) is 0 Å². The number of aliphatic hydroxyl groups is 1. The molecule has 3 aromatic heterocycles. The minimum Gasteiger partial charge on any atom is -0.400 e. The number of hydrogen-bond donors (Lipinski definition) is 4. The summed E-state index contributed by atoms with van der Waals surface area (Å²) in [5, 5.41) is 13.7. The summed E-state index contributed by atoms with van der Waals surface area (Å²) in [4.78, 5) is 19.7. The first kappa shape index (κ1) is 23.7. The minimum atomic E-state index is -4.35. The number of aromatic amines is 1. The normalized spacial score (nSPS) is 10.7. The fraction of sp³-hybridized carbons (Fsp3) is 0.263. The summed E-state index contributed by atoms with van der Waals surface area (Å²) in [7, 11) is 1.50. The van der Waals surface area contributed by atoms with Crippen molar-refractivity contribution in [2.75, 3.05) is 31.5 Å². The minimum absolute atomic E-state index is 0.0973. The van der Waals surface area contributed by atoms with Crippen LogP contribution >= 0.6 is 0 Å². The molecule has 0 bridgehead atoms. The number of aromatic nitrogens is 5. The molecule has 4 aromatic rings. The number of H-pyrrole nitrogens is 1. The van der Waals surface area contributed by atoms with Crippen LogP contribution in [0.4, 0.5) is 35.0 Å². The third kappa shape index (κ3) is 5.98. The average Bonchev–Trinajstić information content (AvgIpc) is 3.23. The van der Waals surface area contributed by atoms with Crippen molar-refractivity contribution in [3.8, 4) is 0 Å². The molecule has 3 heterocycles. The first-order valence-corrected chi connectivity index (χ1v) is 8.86. The molecular weight excluding hydrogens is 418 g/mol. The van der Waals surface area contributed by atoms with E-state index in [1.54, 1.807) is 18.3 Å². The molecule has 0 saturated heterocycles. The Morgan fingerprint density at radius 3 is 2.48 bits per heavy atom. The van der Waals surface area contributed by atoms with E-state index in [-0.39, 0.29) is 11.8 Å². The summed E-state index contributed by atoms with van der Waals surface area (Å²) in [6.45, 7) is 0.702. The van der Waals surface area contributed by atoms with Crippen LogP contribution < -0.4 is 10.6 Å². The number of benzene rings is 1. The van der Waals surface area contributed by atoms with E-state index < -0.39 is 12.7 Å². The molecule has 12 heteroatoms. The summed E-state index contributed by atoms with van der Waals surface area (Å²) in [5.41, 5.74) is 2.68. The Balaban J connectivity index is 0.000000807. The van der Waals surface area contributed by atoms with Gasteiger partial charge in [-0.05, 0) is 31.2 Å². The fourth-order valence-electron chi connectivity index (χ4n) is 2.71. The van der Waals surface area contributed by atoms with Crippen LogP contribution in [0.2, 0.25) is 0 Å². The van der Waals surface area contributed by atoms with E-state index in [1.807, 2.05) is 19.1 Å². The van der Waals surface area contributed by atoms with Crippen LogP contribution in [0.15, 0.2) is 36.8 Å². The van der Waals surface area contributed by atoms with Crippen molar-refractivity contribution < 1.29 is 22.7 Å². The summed E-state index contributed by atoms with van der Waals surface area (Å²) in [5.74, 6) is 0.264. The van der Waals surface area contributed by atoms with Crippen LogP contribution in [-0.4, -0.2) is 57.0 Å². The van der Waals surface area contributed by atoms with Gasteiger partial charge in [0.15, 0.2) is 0 Å². The second-order valence-electron chi connectivity index (χ2n) is 5.92. The quantitative estimate of drug-likeness (QED) is 0.354. The highest BCUT2D eigenvalue weighted by atomic mass is 19.4. The van der Waals surface area contributed by atoms with Gasteiger partial charge in [0.2, 0.25) is 5.95 Å². The Hall–Kier alpha value is -3.54. The number of aliphatic hydroxyl groups excluding tert-OH is 1. The summed E-state index contributed by atoms with van der Waals surface area (Å²) >= 11 is 0. The van der Waals surface area contributed by atoms with Crippen LogP contribution in [0.5, 0.6) is 0 Å².